The lowest BCUT2D eigenvalue weighted by Crippen LogP contribution is -2.59. The minimum absolute atomic E-state index is 0.00824. The van der Waals surface area contributed by atoms with Crippen LogP contribution in [0.1, 0.15) is 39.5 Å². The van der Waals surface area contributed by atoms with Gasteiger partial charge < -0.3 is 5.11 Å². The number of carboxylic acid groups (broad SMARTS) is 1. The van der Waals surface area contributed by atoms with Crippen molar-refractivity contribution in [3.05, 3.63) is 0 Å². The number of hydrogen-bond donors (Lipinski definition) is 2. The maximum absolute atomic E-state index is 11.0. The van der Waals surface area contributed by atoms with E-state index in [0.717, 1.165) is 18.6 Å². The van der Waals surface area contributed by atoms with Crippen molar-refractivity contribution >= 4 is 17.7 Å². The molecule has 0 bridgehead atoms. The molecule has 0 amide bonds. The molecule has 0 radical (unpaired) electrons. The quantitative estimate of drug-likeness (QED) is 0.722. The van der Waals surface area contributed by atoms with Crippen molar-refractivity contribution in [1.82, 2.24) is 5.32 Å². The van der Waals surface area contributed by atoms with Crippen LogP contribution in [-0.4, -0.2) is 27.7 Å². The fraction of sp³-hybridized carbons (Fsp3) is 0.909. The first-order valence-corrected chi connectivity index (χ1v) is 6.60. The molecule has 0 aromatic heterocycles. The number of hydrogen-bond acceptors (Lipinski definition) is 3. The summed E-state index contributed by atoms with van der Waals surface area (Å²) < 4.78 is 0. The highest BCUT2D eigenvalue weighted by atomic mass is 32.2. The summed E-state index contributed by atoms with van der Waals surface area (Å²) >= 11 is 1.93. The third-order valence-electron chi connectivity index (χ3n) is 3.88. The van der Waals surface area contributed by atoms with Crippen LogP contribution in [0.5, 0.6) is 0 Å². The Morgan fingerprint density at radius 2 is 2.20 bits per heavy atom. The smallest absolute Gasteiger partial charge is 0.320 e. The van der Waals surface area contributed by atoms with E-state index < -0.39 is 5.97 Å². The van der Waals surface area contributed by atoms with Crippen LogP contribution in [0.15, 0.2) is 0 Å². The topological polar surface area (TPSA) is 49.3 Å². The molecule has 1 saturated carbocycles. The first kappa shape index (κ1) is 11.3. The van der Waals surface area contributed by atoms with Crippen molar-refractivity contribution in [2.75, 3.05) is 5.75 Å². The Kier molecular flexibility index (Phi) is 2.75. The number of thioether (sulfide) groups is 1. The van der Waals surface area contributed by atoms with Gasteiger partial charge in [0, 0.05) is 0 Å². The highest BCUT2D eigenvalue weighted by molar-refractivity contribution is 8.00. The maximum atomic E-state index is 11.0. The standard InChI is InChI=1S/C11H19NO2S/c1-10(2)5-3-6-11(10)12-8(9(13)14)4-7-15-11/h8,12H,3-7H2,1-2H3,(H,13,14). The predicted molar refractivity (Wildman–Crippen MR) is 62.0 cm³/mol. The van der Waals surface area contributed by atoms with Crippen LogP contribution in [0.4, 0.5) is 0 Å². The molecule has 1 saturated heterocycles. The van der Waals surface area contributed by atoms with Gasteiger partial charge in [0.15, 0.2) is 0 Å². The molecule has 1 aliphatic heterocycles. The molecule has 4 heteroatoms. The molecule has 1 heterocycles. The van der Waals surface area contributed by atoms with Gasteiger partial charge in [-0.1, -0.05) is 20.3 Å². The van der Waals surface area contributed by atoms with Gasteiger partial charge in [0.1, 0.15) is 6.04 Å². The summed E-state index contributed by atoms with van der Waals surface area (Å²) in [6.07, 6.45) is 4.25. The van der Waals surface area contributed by atoms with Crippen LogP contribution < -0.4 is 5.32 Å². The van der Waals surface area contributed by atoms with E-state index in [1.54, 1.807) is 0 Å². The number of aliphatic carboxylic acids is 1. The van der Waals surface area contributed by atoms with Crippen LogP contribution in [0.25, 0.3) is 0 Å². The largest absolute Gasteiger partial charge is 0.480 e. The molecule has 1 aliphatic carbocycles. The lowest BCUT2D eigenvalue weighted by atomic mass is 9.86. The average molecular weight is 229 g/mol. The normalized spacial score (nSPS) is 39.5. The number of carbonyl (C=O) groups is 1. The molecule has 15 heavy (non-hydrogen) atoms. The third-order valence-corrected chi connectivity index (χ3v) is 5.69. The lowest BCUT2D eigenvalue weighted by Gasteiger charge is -2.46. The van der Waals surface area contributed by atoms with Gasteiger partial charge in [-0.25, -0.2) is 0 Å². The molecule has 0 aromatic carbocycles. The highest BCUT2D eigenvalue weighted by Gasteiger charge is 2.52. The summed E-state index contributed by atoms with van der Waals surface area (Å²) in [5.41, 5.74) is 0.214. The third kappa shape index (κ3) is 1.78. The second-order valence-electron chi connectivity index (χ2n) is 5.24. The van der Waals surface area contributed by atoms with Gasteiger partial charge >= 0.3 is 5.97 Å². The molecule has 3 nitrogen and oxygen atoms in total. The van der Waals surface area contributed by atoms with Gasteiger partial charge in [-0.2, -0.15) is 0 Å². The van der Waals surface area contributed by atoms with Crippen molar-refractivity contribution in [3.8, 4) is 0 Å². The van der Waals surface area contributed by atoms with E-state index in [9.17, 15) is 4.79 Å². The molecular weight excluding hydrogens is 210 g/mol. The fourth-order valence-electron chi connectivity index (χ4n) is 2.79. The molecule has 1 spiro atoms. The Morgan fingerprint density at radius 3 is 2.73 bits per heavy atom. The predicted octanol–water partition coefficient (Wildman–Crippen LogP) is 2.07. The van der Waals surface area contributed by atoms with Gasteiger partial charge in [0.2, 0.25) is 0 Å². The van der Waals surface area contributed by atoms with E-state index >= 15 is 0 Å². The molecule has 0 aromatic rings. The van der Waals surface area contributed by atoms with Crippen LogP contribution in [0.2, 0.25) is 0 Å². The van der Waals surface area contributed by atoms with Gasteiger partial charge in [0.05, 0.1) is 4.87 Å². The van der Waals surface area contributed by atoms with Crippen molar-refractivity contribution in [1.29, 1.82) is 0 Å². The summed E-state index contributed by atoms with van der Waals surface area (Å²) in [6.45, 7) is 4.51. The first-order chi connectivity index (χ1) is 6.97. The summed E-state index contributed by atoms with van der Waals surface area (Å²) in [6, 6.07) is -0.344. The molecule has 2 unspecified atom stereocenters. The fourth-order valence-corrected chi connectivity index (χ4v) is 4.50. The number of nitrogens with one attached hydrogen (secondary N) is 1. The molecular formula is C11H19NO2S. The van der Waals surface area contributed by atoms with Crippen molar-refractivity contribution in [3.63, 3.8) is 0 Å². The van der Waals surface area contributed by atoms with Crippen LogP contribution in [0, 0.1) is 5.41 Å². The van der Waals surface area contributed by atoms with E-state index in [1.165, 1.54) is 12.8 Å². The minimum atomic E-state index is -0.697. The molecule has 2 rings (SSSR count). The SMILES string of the molecule is CC1(C)CCCC12NC(C(=O)O)CCS2. The summed E-state index contributed by atoms with van der Waals surface area (Å²) in [5.74, 6) is 0.269. The van der Waals surface area contributed by atoms with Crippen molar-refractivity contribution in [2.24, 2.45) is 5.41 Å². The Hall–Kier alpha value is -0.220. The summed E-state index contributed by atoms with van der Waals surface area (Å²) in [5, 5.41) is 12.5. The van der Waals surface area contributed by atoms with Gasteiger partial charge in [0.25, 0.3) is 0 Å². The highest BCUT2D eigenvalue weighted by Crippen LogP contribution is 2.54. The first-order valence-electron chi connectivity index (χ1n) is 5.61. The zero-order valence-electron chi connectivity index (χ0n) is 9.38. The maximum Gasteiger partial charge on any atom is 0.320 e. The van der Waals surface area contributed by atoms with E-state index in [4.69, 9.17) is 5.11 Å². The second kappa shape index (κ2) is 3.67. The van der Waals surface area contributed by atoms with Crippen molar-refractivity contribution in [2.45, 2.75) is 50.4 Å². The Balaban J connectivity index is 2.18. The van der Waals surface area contributed by atoms with E-state index in [0.29, 0.717) is 0 Å². The van der Waals surface area contributed by atoms with E-state index in [2.05, 4.69) is 19.2 Å². The van der Waals surface area contributed by atoms with Crippen molar-refractivity contribution < 1.29 is 9.90 Å². The zero-order valence-corrected chi connectivity index (χ0v) is 10.2. The Bertz CT molecular complexity index is 280. The van der Waals surface area contributed by atoms with Gasteiger partial charge in [-0.15, -0.1) is 11.8 Å². The number of rotatable bonds is 1. The van der Waals surface area contributed by atoms with Crippen LogP contribution in [0.3, 0.4) is 0 Å². The summed E-state index contributed by atoms with van der Waals surface area (Å²) in [4.78, 5) is 11.0. The van der Waals surface area contributed by atoms with Gasteiger partial charge in [-0.3, -0.25) is 10.1 Å². The lowest BCUT2D eigenvalue weighted by molar-refractivity contribution is -0.140. The molecule has 2 aliphatic rings. The van der Waals surface area contributed by atoms with E-state index in [1.807, 2.05) is 11.8 Å². The number of carboxylic acids is 1. The molecule has 86 valence electrons. The monoisotopic (exact) mass is 229 g/mol. The van der Waals surface area contributed by atoms with Crippen LogP contribution in [-0.2, 0) is 4.79 Å². The molecule has 2 fully saturated rings. The zero-order chi connectivity index (χ0) is 11.1. The van der Waals surface area contributed by atoms with E-state index in [-0.39, 0.29) is 16.3 Å². The molecule has 2 atom stereocenters. The van der Waals surface area contributed by atoms with Gasteiger partial charge in [-0.05, 0) is 30.4 Å². The minimum Gasteiger partial charge on any atom is -0.480 e. The average Bonchev–Trinajstić information content (AvgIpc) is 2.42. The van der Waals surface area contributed by atoms with Crippen LogP contribution >= 0.6 is 11.8 Å². The summed E-state index contributed by atoms with van der Waals surface area (Å²) in [7, 11) is 0. The molecule has 2 N–H and O–H groups in total. The Labute approximate surface area is 95.0 Å². The Morgan fingerprint density at radius 1 is 1.47 bits per heavy atom. The second-order valence-corrected chi connectivity index (χ2v) is 6.63.